The molecule has 2 aliphatic carbocycles. The van der Waals surface area contributed by atoms with Crippen molar-refractivity contribution in [2.75, 3.05) is 9.80 Å². The summed E-state index contributed by atoms with van der Waals surface area (Å²) < 4.78 is 6.05. The lowest BCUT2D eigenvalue weighted by Gasteiger charge is -2.49. The quantitative estimate of drug-likeness (QED) is 0.292. The van der Waals surface area contributed by atoms with Gasteiger partial charge in [0.15, 0.2) is 0 Å². The van der Waals surface area contributed by atoms with Crippen molar-refractivity contribution in [2.24, 2.45) is 35.0 Å². The predicted molar refractivity (Wildman–Crippen MR) is 166 cm³/mol. The summed E-state index contributed by atoms with van der Waals surface area (Å²) >= 11 is 6.09. The number of fused-ring (bicyclic) bond motifs is 5. The lowest BCUT2D eigenvalue weighted by atomic mass is 9.51. The number of phenolic OH excluding ortho intramolecular Hbond substituents is 1. The van der Waals surface area contributed by atoms with Crippen molar-refractivity contribution in [1.29, 1.82) is 0 Å². The summed E-state index contributed by atoms with van der Waals surface area (Å²) in [7, 11) is 0. The molecule has 9 heteroatoms. The summed E-state index contributed by atoms with van der Waals surface area (Å²) in [4.78, 5) is 59.3. The van der Waals surface area contributed by atoms with Gasteiger partial charge in [0.05, 0.1) is 40.8 Å². The zero-order chi connectivity index (χ0) is 31.2. The fraction of sp³-hybridized carbons (Fsp3) is 0.278. The van der Waals surface area contributed by atoms with Crippen LogP contribution in [0.15, 0.2) is 96.3 Å². The van der Waals surface area contributed by atoms with Gasteiger partial charge in [-0.2, -0.15) is 0 Å². The lowest BCUT2D eigenvalue weighted by molar-refractivity contribution is -0.132. The smallest absolute Gasteiger partial charge is 0.241 e. The normalized spacial score (nSPS) is 30.2. The third-order valence-corrected chi connectivity index (χ3v) is 10.8. The van der Waals surface area contributed by atoms with Crippen molar-refractivity contribution >= 4 is 46.6 Å². The van der Waals surface area contributed by atoms with E-state index < -0.39 is 35.0 Å². The highest BCUT2D eigenvalue weighted by Crippen LogP contribution is 2.63. The number of halogens is 1. The van der Waals surface area contributed by atoms with Crippen molar-refractivity contribution in [2.45, 2.75) is 26.2 Å². The van der Waals surface area contributed by atoms with Gasteiger partial charge in [-0.3, -0.25) is 24.1 Å². The molecule has 8 nitrogen and oxygen atoms in total. The van der Waals surface area contributed by atoms with Crippen LogP contribution < -0.4 is 14.5 Å². The standard InChI is InChI=1S/C36H29ClN2O6/c1-36-28(33(42)39(35(36)44)22-5-3-2-4-6-22)17-27-25(31(36)20-15-19-16-24(40)11-14-29(19)45-18-20)12-13-26-30(27)34(43)38(32(26)41)23-9-7-21(37)8-10-23/h2-12,14,16,18,26-28,30-31,40H,13,15,17H2,1H3. The van der Waals surface area contributed by atoms with E-state index in [1.165, 1.54) is 9.80 Å². The first-order valence-corrected chi connectivity index (χ1v) is 15.5. The monoisotopic (exact) mass is 620 g/mol. The molecule has 3 aliphatic heterocycles. The summed E-state index contributed by atoms with van der Waals surface area (Å²) in [5, 5.41) is 10.7. The maximum atomic E-state index is 14.5. The van der Waals surface area contributed by atoms with E-state index in [9.17, 15) is 24.3 Å². The van der Waals surface area contributed by atoms with E-state index in [1.807, 2.05) is 19.1 Å². The predicted octanol–water partition coefficient (Wildman–Crippen LogP) is 5.83. The van der Waals surface area contributed by atoms with Gasteiger partial charge in [-0.15, -0.1) is 0 Å². The Bertz CT molecular complexity index is 1870. The number of nitrogens with zero attached hydrogens (tertiary/aromatic N) is 2. The zero-order valence-corrected chi connectivity index (χ0v) is 25.1. The van der Waals surface area contributed by atoms with E-state index in [2.05, 4.69) is 0 Å². The van der Waals surface area contributed by atoms with Crippen molar-refractivity contribution in [3.63, 3.8) is 0 Å². The number of rotatable bonds is 3. The Kier molecular flexibility index (Phi) is 6.13. The molecule has 1 saturated carbocycles. The molecule has 1 N–H and O–H groups in total. The van der Waals surface area contributed by atoms with Crippen LogP contribution in [-0.4, -0.2) is 28.7 Å². The SMILES string of the molecule is CC12C(=O)N(c3ccccc3)C(=O)C1CC1C(=CCC3C(=O)N(c4ccc(Cl)cc4)C(=O)C31)C2C1=COc2ccc(O)cc2C1. The fourth-order valence-electron chi connectivity index (χ4n) is 8.51. The molecule has 226 valence electrons. The summed E-state index contributed by atoms with van der Waals surface area (Å²) in [6.07, 6.45) is 4.69. The molecule has 0 spiro atoms. The topological polar surface area (TPSA) is 104 Å². The number of amides is 4. The Morgan fingerprint density at radius 1 is 0.867 bits per heavy atom. The highest BCUT2D eigenvalue weighted by atomic mass is 35.5. The molecule has 2 saturated heterocycles. The minimum absolute atomic E-state index is 0.101. The van der Waals surface area contributed by atoms with Crippen LogP contribution in [0.2, 0.25) is 5.02 Å². The van der Waals surface area contributed by atoms with Crippen LogP contribution in [0.3, 0.4) is 0 Å². The molecule has 5 aliphatic rings. The number of ether oxygens (including phenoxy) is 1. The summed E-state index contributed by atoms with van der Waals surface area (Å²) in [5.41, 5.74) is 2.25. The Hall–Kier alpha value is -4.69. The van der Waals surface area contributed by atoms with E-state index in [-0.39, 0.29) is 35.8 Å². The van der Waals surface area contributed by atoms with Crippen LogP contribution in [0.4, 0.5) is 11.4 Å². The second kappa shape index (κ2) is 9.91. The van der Waals surface area contributed by atoms with E-state index in [0.29, 0.717) is 35.0 Å². The number of aromatic hydroxyl groups is 1. The largest absolute Gasteiger partial charge is 0.508 e. The fourth-order valence-corrected chi connectivity index (χ4v) is 8.64. The number of hydrogen-bond donors (Lipinski definition) is 1. The lowest BCUT2D eigenvalue weighted by Crippen LogP contribution is -2.51. The van der Waals surface area contributed by atoms with Crippen molar-refractivity contribution in [3.05, 3.63) is 107 Å². The number of imide groups is 2. The van der Waals surface area contributed by atoms with Gasteiger partial charge in [-0.1, -0.05) is 41.4 Å². The molecule has 3 aromatic rings. The van der Waals surface area contributed by atoms with E-state index in [4.69, 9.17) is 16.3 Å². The highest BCUT2D eigenvalue weighted by molar-refractivity contribution is 6.31. The number of benzene rings is 3. The first kappa shape index (κ1) is 27.8. The highest BCUT2D eigenvalue weighted by Gasteiger charge is 2.68. The van der Waals surface area contributed by atoms with Gasteiger partial charge < -0.3 is 9.84 Å². The molecule has 6 atom stereocenters. The van der Waals surface area contributed by atoms with Crippen LogP contribution in [-0.2, 0) is 25.6 Å². The molecule has 6 unspecified atom stereocenters. The molecule has 3 aromatic carbocycles. The Labute approximate surface area is 264 Å². The minimum atomic E-state index is -1.16. The number of para-hydroxylation sites is 1. The van der Waals surface area contributed by atoms with Gasteiger partial charge in [0.2, 0.25) is 23.6 Å². The molecule has 4 amide bonds. The Morgan fingerprint density at radius 2 is 1.60 bits per heavy atom. The average molecular weight is 621 g/mol. The summed E-state index contributed by atoms with van der Waals surface area (Å²) in [6.45, 7) is 1.86. The Morgan fingerprint density at radius 3 is 2.36 bits per heavy atom. The van der Waals surface area contributed by atoms with Gasteiger partial charge in [-0.25, -0.2) is 4.90 Å². The molecule has 0 aromatic heterocycles. The maximum absolute atomic E-state index is 14.5. The van der Waals surface area contributed by atoms with Gasteiger partial charge in [0.1, 0.15) is 11.5 Å². The van der Waals surface area contributed by atoms with Gasteiger partial charge >= 0.3 is 0 Å². The van der Waals surface area contributed by atoms with Crippen molar-refractivity contribution < 1.29 is 29.0 Å². The number of carbonyl (C=O) groups is 4. The third kappa shape index (κ3) is 3.91. The summed E-state index contributed by atoms with van der Waals surface area (Å²) in [6, 6.07) is 20.4. The van der Waals surface area contributed by atoms with Crippen LogP contribution in [0.1, 0.15) is 25.3 Å². The van der Waals surface area contributed by atoms with Crippen molar-refractivity contribution in [3.8, 4) is 11.5 Å². The summed E-state index contributed by atoms with van der Waals surface area (Å²) in [5.74, 6) is -3.42. The molecule has 8 rings (SSSR count). The van der Waals surface area contributed by atoms with Gasteiger partial charge in [-0.05, 0) is 85.9 Å². The number of anilines is 2. The second-order valence-corrected chi connectivity index (χ2v) is 13.2. The number of phenols is 1. The first-order chi connectivity index (χ1) is 21.7. The van der Waals surface area contributed by atoms with Crippen LogP contribution in [0, 0.1) is 35.0 Å². The second-order valence-electron chi connectivity index (χ2n) is 12.8. The molecular weight excluding hydrogens is 592 g/mol. The third-order valence-electron chi connectivity index (χ3n) is 10.5. The molecule has 0 bridgehead atoms. The van der Waals surface area contributed by atoms with Crippen LogP contribution >= 0.6 is 11.6 Å². The maximum Gasteiger partial charge on any atom is 0.241 e. The molecule has 0 radical (unpaired) electrons. The number of allylic oxidation sites excluding steroid dienone is 3. The van der Waals surface area contributed by atoms with Crippen molar-refractivity contribution in [1.82, 2.24) is 0 Å². The number of carbonyl (C=O) groups excluding carboxylic acids is 4. The average Bonchev–Trinajstić information content (AvgIpc) is 3.41. The Balaban J connectivity index is 1.25. The zero-order valence-electron chi connectivity index (χ0n) is 24.4. The minimum Gasteiger partial charge on any atom is -0.508 e. The van der Waals surface area contributed by atoms with Crippen LogP contribution in [0.5, 0.6) is 11.5 Å². The van der Waals surface area contributed by atoms with E-state index in [0.717, 1.165) is 16.7 Å². The van der Waals surface area contributed by atoms with E-state index >= 15 is 0 Å². The molecule has 3 fully saturated rings. The van der Waals surface area contributed by atoms with E-state index in [1.54, 1.807) is 73.0 Å². The molecular formula is C36H29ClN2O6. The van der Waals surface area contributed by atoms with Crippen LogP contribution in [0.25, 0.3) is 0 Å². The molecule has 3 heterocycles. The first-order valence-electron chi connectivity index (χ1n) is 15.1. The number of hydrogen-bond acceptors (Lipinski definition) is 6. The van der Waals surface area contributed by atoms with Gasteiger partial charge in [0.25, 0.3) is 0 Å². The molecule has 45 heavy (non-hydrogen) atoms. The van der Waals surface area contributed by atoms with Gasteiger partial charge in [0, 0.05) is 22.9 Å².